The second kappa shape index (κ2) is 6.57. The Kier molecular flexibility index (Phi) is 4.44. The average molecular weight is 354 g/mol. The summed E-state index contributed by atoms with van der Waals surface area (Å²) in [7, 11) is 0. The first kappa shape index (κ1) is 17.6. The molecule has 2 aromatic carbocycles. The van der Waals surface area contributed by atoms with E-state index in [1.807, 2.05) is 0 Å². The second-order valence-corrected chi connectivity index (χ2v) is 6.19. The number of carbonyl (C=O) groups is 1. The van der Waals surface area contributed by atoms with Gasteiger partial charge in [0.15, 0.2) is 5.76 Å². The standard InChI is InChI=1S/C20H18O6/c1-10(2)16(23)9-14-15(22)6-5-13(19(14)24)20(25)18-7-11-3-4-12(21)8-17(11)26-18/h3-8,16,21-24H,1,9H2,2H3/t16-/m1/s1. The SMILES string of the molecule is C=C(C)[C@H](O)Cc1c(O)ccc(C(=O)c2cc3ccc(O)cc3o2)c1O. The number of phenols is 3. The van der Waals surface area contributed by atoms with Gasteiger partial charge in [-0.1, -0.05) is 12.2 Å². The van der Waals surface area contributed by atoms with E-state index < -0.39 is 17.6 Å². The van der Waals surface area contributed by atoms with Crippen molar-refractivity contribution in [3.8, 4) is 17.2 Å². The third kappa shape index (κ3) is 3.14. The summed E-state index contributed by atoms with van der Waals surface area (Å²) >= 11 is 0. The van der Waals surface area contributed by atoms with Gasteiger partial charge in [-0.15, -0.1) is 0 Å². The van der Waals surface area contributed by atoms with Crippen LogP contribution in [-0.2, 0) is 6.42 Å². The molecule has 0 aliphatic heterocycles. The summed E-state index contributed by atoms with van der Waals surface area (Å²) < 4.78 is 5.46. The Morgan fingerprint density at radius 2 is 1.88 bits per heavy atom. The summed E-state index contributed by atoms with van der Waals surface area (Å²) in [5.74, 6) is -1.23. The molecule has 0 amide bonds. The first-order valence-electron chi connectivity index (χ1n) is 7.92. The lowest BCUT2D eigenvalue weighted by molar-refractivity contribution is 0.101. The molecular weight excluding hydrogens is 336 g/mol. The van der Waals surface area contributed by atoms with E-state index in [2.05, 4.69) is 6.58 Å². The van der Waals surface area contributed by atoms with Crippen LogP contribution in [0.1, 0.15) is 28.6 Å². The molecule has 134 valence electrons. The van der Waals surface area contributed by atoms with Crippen molar-refractivity contribution in [1.29, 1.82) is 0 Å². The first-order chi connectivity index (χ1) is 12.3. The fraction of sp³-hybridized carbons (Fsp3) is 0.150. The number of phenolic OH excluding ortho intramolecular Hbond substituents is 3. The van der Waals surface area contributed by atoms with Crippen LogP contribution in [0.5, 0.6) is 17.2 Å². The molecule has 0 aliphatic carbocycles. The smallest absolute Gasteiger partial charge is 0.231 e. The zero-order valence-corrected chi connectivity index (χ0v) is 14.1. The van der Waals surface area contributed by atoms with Crippen LogP contribution in [0.4, 0.5) is 0 Å². The highest BCUT2D eigenvalue weighted by Crippen LogP contribution is 2.34. The van der Waals surface area contributed by atoms with Crippen LogP contribution < -0.4 is 0 Å². The van der Waals surface area contributed by atoms with Crippen molar-refractivity contribution >= 4 is 16.8 Å². The Balaban J connectivity index is 2.02. The maximum Gasteiger partial charge on any atom is 0.231 e. The lowest BCUT2D eigenvalue weighted by atomic mass is 9.97. The molecule has 26 heavy (non-hydrogen) atoms. The number of hydrogen-bond acceptors (Lipinski definition) is 6. The molecule has 0 fully saturated rings. The second-order valence-electron chi connectivity index (χ2n) is 6.19. The molecule has 3 rings (SSSR count). The molecule has 0 radical (unpaired) electrons. The molecule has 6 nitrogen and oxygen atoms in total. The van der Waals surface area contributed by atoms with Crippen LogP contribution in [0, 0.1) is 0 Å². The van der Waals surface area contributed by atoms with Gasteiger partial charge in [0, 0.05) is 23.4 Å². The first-order valence-corrected chi connectivity index (χ1v) is 7.92. The molecule has 1 atom stereocenters. The Morgan fingerprint density at radius 3 is 2.58 bits per heavy atom. The van der Waals surface area contributed by atoms with Crippen molar-refractivity contribution in [3.05, 3.63) is 65.4 Å². The van der Waals surface area contributed by atoms with Crippen LogP contribution in [-0.4, -0.2) is 32.3 Å². The van der Waals surface area contributed by atoms with Gasteiger partial charge in [0.2, 0.25) is 5.78 Å². The van der Waals surface area contributed by atoms with Gasteiger partial charge in [-0.05, 0) is 37.3 Å². The molecule has 0 saturated carbocycles. The Morgan fingerprint density at radius 1 is 1.15 bits per heavy atom. The number of aromatic hydroxyl groups is 3. The summed E-state index contributed by atoms with van der Waals surface area (Å²) in [6.07, 6.45) is -1.05. The van der Waals surface area contributed by atoms with Crippen molar-refractivity contribution < 1.29 is 29.6 Å². The fourth-order valence-electron chi connectivity index (χ4n) is 2.64. The highest BCUT2D eigenvalue weighted by molar-refractivity contribution is 6.11. The summed E-state index contributed by atoms with van der Waals surface area (Å²) in [6.45, 7) is 5.25. The van der Waals surface area contributed by atoms with Gasteiger partial charge >= 0.3 is 0 Å². The number of aliphatic hydroxyl groups excluding tert-OH is 1. The third-order valence-corrected chi connectivity index (χ3v) is 4.20. The van der Waals surface area contributed by atoms with Gasteiger partial charge in [0.1, 0.15) is 22.8 Å². The van der Waals surface area contributed by atoms with E-state index in [0.717, 1.165) is 0 Å². The molecule has 1 aromatic heterocycles. The van der Waals surface area contributed by atoms with E-state index in [0.29, 0.717) is 16.5 Å². The zero-order chi connectivity index (χ0) is 19.0. The molecule has 0 bridgehead atoms. The number of ketones is 1. The molecule has 0 saturated heterocycles. The van der Waals surface area contributed by atoms with Gasteiger partial charge < -0.3 is 24.8 Å². The number of hydrogen-bond donors (Lipinski definition) is 4. The number of furan rings is 1. The predicted octanol–water partition coefficient (Wildman–Crippen LogP) is 3.26. The van der Waals surface area contributed by atoms with Gasteiger partial charge in [-0.25, -0.2) is 0 Å². The minimum absolute atomic E-state index is 0.00870. The minimum atomic E-state index is -0.966. The summed E-state index contributed by atoms with van der Waals surface area (Å²) in [6, 6.07) is 8.54. The predicted molar refractivity (Wildman–Crippen MR) is 95.6 cm³/mol. The normalized spacial score (nSPS) is 12.2. The number of aliphatic hydroxyl groups is 1. The zero-order valence-electron chi connectivity index (χ0n) is 14.1. The van der Waals surface area contributed by atoms with E-state index >= 15 is 0 Å². The maximum absolute atomic E-state index is 12.7. The van der Waals surface area contributed by atoms with Crippen LogP contribution in [0.3, 0.4) is 0 Å². The summed E-state index contributed by atoms with van der Waals surface area (Å²) in [4.78, 5) is 12.7. The Hall–Kier alpha value is -3.25. The number of rotatable bonds is 5. The number of fused-ring (bicyclic) bond motifs is 1. The Labute approximate surface area is 149 Å². The third-order valence-electron chi connectivity index (χ3n) is 4.20. The van der Waals surface area contributed by atoms with Crippen LogP contribution in [0.15, 0.2) is 53.0 Å². The molecule has 1 heterocycles. The van der Waals surface area contributed by atoms with Crippen molar-refractivity contribution in [2.24, 2.45) is 0 Å². The molecule has 0 unspecified atom stereocenters. The van der Waals surface area contributed by atoms with Gasteiger partial charge in [0.25, 0.3) is 0 Å². The molecular formula is C20H18O6. The van der Waals surface area contributed by atoms with Crippen molar-refractivity contribution in [3.63, 3.8) is 0 Å². The molecule has 0 aliphatic rings. The largest absolute Gasteiger partial charge is 0.508 e. The molecule has 0 spiro atoms. The topological polar surface area (TPSA) is 111 Å². The highest BCUT2D eigenvalue weighted by atomic mass is 16.3. The molecule has 4 N–H and O–H groups in total. The minimum Gasteiger partial charge on any atom is -0.508 e. The van der Waals surface area contributed by atoms with E-state index in [9.17, 15) is 25.2 Å². The van der Waals surface area contributed by atoms with E-state index in [4.69, 9.17) is 4.42 Å². The highest BCUT2D eigenvalue weighted by Gasteiger charge is 2.23. The summed E-state index contributed by atoms with van der Waals surface area (Å²) in [5, 5.41) is 40.5. The lowest BCUT2D eigenvalue weighted by Gasteiger charge is -2.14. The fourth-order valence-corrected chi connectivity index (χ4v) is 2.64. The number of benzene rings is 2. The van der Waals surface area contributed by atoms with Gasteiger partial charge in [-0.2, -0.15) is 0 Å². The van der Waals surface area contributed by atoms with Crippen molar-refractivity contribution in [2.75, 3.05) is 0 Å². The van der Waals surface area contributed by atoms with E-state index in [1.165, 1.54) is 30.3 Å². The van der Waals surface area contributed by atoms with Crippen LogP contribution in [0.25, 0.3) is 11.0 Å². The molecule has 3 aromatic rings. The summed E-state index contributed by atoms with van der Waals surface area (Å²) in [5.41, 5.74) is 0.803. The van der Waals surface area contributed by atoms with Gasteiger partial charge in [0.05, 0.1) is 11.7 Å². The van der Waals surface area contributed by atoms with E-state index in [-0.39, 0.29) is 34.8 Å². The quantitative estimate of drug-likeness (QED) is 0.413. The monoisotopic (exact) mass is 354 g/mol. The maximum atomic E-state index is 12.7. The van der Waals surface area contributed by atoms with Crippen LogP contribution in [0.2, 0.25) is 0 Å². The lowest BCUT2D eigenvalue weighted by Crippen LogP contribution is -2.12. The number of carbonyl (C=O) groups excluding carboxylic acids is 1. The molecule has 6 heteroatoms. The van der Waals surface area contributed by atoms with Crippen molar-refractivity contribution in [2.45, 2.75) is 19.4 Å². The Bertz CT molecular complexity index is 1010. The van der Waals surface area contributed by atoms with Gasteiger partial charge in [-0.3, -0.25) is 4.79 Å². The van der Waals surface area contributed by atoms with E-state index in [1.54, 1.807) is 13.0 Å². The van der Waals surface area contributed by atoms with Crippen molar-refractivity contribution in [1.82, 2.24) is 0 Å². The average Bonchev–Trinajstić information content (AvgIpc) is 3.00. The van der Waals surface area contributed by atoms with Crippen LogP contribution >= 0.6 is 0 Å².